The SMILES string of the molecule is Br.N=C(N)N1CCc2ccccc2C1. The van der Waals surface area contributed by atoms with E-state index in [0.29, 0.717) is 0 Å². The van der Waals surface area contributed by atoms with E-state index >= 15 is 0 Å². The monoisotopic (exact) mass is 255 g/mol. The van der Waals surface area contributed by atoms with Gasteiger partial charge in [-0.05, 0) is 17.5 Å². The fraction of sp³-hybridized carbons (Fsp3) is 0.300. The number of halogens is 1. The Hall–Kier alpha value is -1.03. The standard InChI is InChI=1S/C10H13N3.BrH/c11-10(12)13-6-5-8-3-1-2-4-9(8)7-13;/h1-4H,5-7H2,(H3,11,12);1H. The van der Waals surface area contributed by atoms with Crippen LogP contribution in [0.5, 0.6) is 0 Å². The molecule has 0 saturated heterocycles. The summed E-state index contributed by atoms with van der Waals surface area (Å²) in [6, 6.07) is 8.34. The van der Waals surface area contributed by atoms with E-state index < -0.39 is 0 Å². The zero-order valence-corrected chi connectivity index (χ0v) is 9.58. The quantitative estimate of drug-likeness (QED) is 0.546. The van der Waals surface area contributed by atoms with Crippen LogP contribution in [0.15, 0.2) is 24.3 Å². The molecule has 14 heavy (non-hydrogen) atoms. The Morgan fingerprint density at radius 3 is 2.57 bits per heavy atom. The Morgan fingerprint density at radius 1 is 1.29 bits per heavy atom. The number of benzene rings is 1. The van der Waals surface area contributed by atoms with Crippen molar-refractivity contribution in [3.8, 4) is 0 Å². The molecule has 0 saturated carbocycles. The molecule has 0 bridgehead atoms. The molecule has 0 fully saturated rings. The predicted octanol–water partition coefficient (Wildman–Crippen LogP) is 1.52. The number of fused-ring (bicyclic) bond motifs is 1. The van der Waals surface area contributed by atoms with Crippen LogP contribution >= 0.6 is 17.0 Å². The minimum absolute atomic E-state index is 0. The molecule has 1 aromatic rings. The van der Waals surface area contributed by atoms with Crippen LogP contribution in [-0.2, 0) is 13.0 Å². The molecule has 3 nitrogen and oxygen atoms in total. The van der Waals surface area contributed by atoms with Crippen LogP contribution in [0.3, 0.4) is 0 Å². The van der Waals surface area contributed by atoms with Crippen molar-refractivity contribution in [2.24, 2.45) is 5.73 Å². The molecule has 4 heteroatoms. The molecule has 0 aromatic heterocycles. The number of hydrogen-bond donors (Lipinski definition) is 2. The van der Waals surface area contributed by atoms with Gasteiger partial charge in [0.05, 0.1) is 0 Å². The van der Waals surface area contributed by atoms with Crippen LogP contribution in [0.4, 0.5) is 0 Å². The van der Waals surface area contributed by atoms with Gasteiger partial charge in [0.1, 0.15) is 0 Å². The van der Waals surface area contributed by atoms with E-state index in [4.69, 9.17) is 11.1 Å². The van der Waals surface area contributed by atoms with Gasteiger partial charge in [-0.1, -0.05) is 24.3 Å². The van der Waals surface area contributed by atoms with E-state index in [1.807, 2.05) is 11.0 Å². The lowest BCUT2D eigenvalue weighted by molar-refractivity contribution is 0.387. The fourth-order valence-electron chi connectivity index (χ4n) is 1.70. The molecular formula is C10H14BrN3. The molecule has 0 atom stereocenters. The fourth-order valence-corrected chi connectivity index (χ4v) is 1.70. The lowest BCUT2D eigenvalue weighted by Crippen LogP contribution is -2.39. The van der Waals surface area contributed by atoms with Gasteiger partial charge in [-0.2, -0.15) is 0 Å². The molecule has 0 unspecified atom stereocenters. The summed E-state index contributed by atoms with van der Waals surface area (Å²) in [6.45, 7) is 1.65. The van der Waals surface area contributed by atoms with Crippen molar-refractivity contribution in [3.63, 3.8) is 0 Å². The zero-order chi connectivity index (χ0) is 9.26. The van der Waals surface area contributed by atoms with Crippen molar-refractivity contribution in [1.29, 1.82) is 5.41 Å². The number of nitrogens with zero attached hydrogens (tertiary/aromatic N) is 1. The van der Waals surface area contributed by atoms with Crippen LogP contribution in [0.2, 0.25) is 0 Å². The smallest absolute Gasteiger partial charge is 0.188 e. The average Bonchev–Trinajstić information content (AvgIpc) is 2.17. The molecule has 76 valence electrons. The Kier molecular flexibility index (Phi) is 3.52. The molecule has 0 amide bonds. The van der Waals surface area contributed by atoms with Crippen molar-refractivity contribution >= 4 is 22.9 Å². The highest BCUT2D eigenvalue weighted by Gasteiger charge is 2.15. The Bertz CT molecular complexity index is 338. The number of hydrogen-bond acceptors (Lipinski definition) is 1. The van der Waals surface area contributed by atoms with E-state index in [1.165, 1.54) is 11.1 Å². The van der Waals surface area contributed by atoms with E-state index in [0.717, 1.165) is 19.5 Å². The third-order valence-corrected chi connectivity index (χ3v) is 2.47. The minimum Gasteiger partial charge on any atom is -0.370 e. The van der Waals surface area contributed by atoms with Gasteiger partial charge in [-0.15, -0.1) is 17.0 Å². The van der Waals surface area contributed by atoms with Gasteiger partial charge in [0, 0.05) is 13.1 Å². The zero-order valence-electron chi connectivity index (χ0n) is 7.86. The Morgan fingerprint density at radius 2 is 1.93 bits per heavy atom. The molecule has 3 N–H and O–H groups in total. The third-order valence-electron chi connectivity index (χ3n) is 2.47. The topological polar surface area (TPSA) is 53.1 Å². The first-order chi connectivity index (χ1) is 6.27. The lowest BCUT2D eigenvalue weighted by atomic mass is 10.0. The van der Waals surface area contributed by atoms with Gasteiger partial charge < -0.3 is 10.6 Å². The first-order valence-corrected chi connectivity index (χ1v) is 4.43. The highest BCUT2D eigenvalue weighted by molar-refractivity contribution is 8.93. The van der Waals surface area contributed by atoms with E-state index in [2.05, 4.69) is 18.2 Å². The summed E-state index contributed by atoms with van der Waals surface area (Å²) < 4.78 is 0. The molecule has 0 radical (unpaired) electrons. The number of nitrogens with one attached hydrogen (secondary N) is 1. The van der Waals surface area contributed by atoms with Gasteiger partial charge in [0.15, 0.2) is 5.96 Å². The normalized spacial score (nSPS) is 14.1. The Balaban J connectivity index is 0.000000980. The van der Waals surface area contributed by atoms with Gasteiger partial charge in [0.2, 0.25) is 0 Å². The minimum atomic E-state index is 0. The number of guanidine groups is 1. The lowest BCUT2D eigenvalue weighted by Gasteiger charge is -2.28. The third kappa shape index (κ3) is 2.07. The second kappa shape index (κ2) is 4.46. The molecule has 1 aromatic carbocycles. The van der Waals surface area contributed by atoms with E-state index in [9.17, 15) is 0 Å². The Labute approximate surface area is 94.2 Å². The van der Waals surface area contributed by atoms with E-state index in [1.54, 1.807) is 0 Å². The van der Waals surface area contributed by atoms with Crippen LogP contribution < -0.4 is 5.73 Å². The van der Waals surface area contributed by atoms with Crippen molar-refractivity contribution in [2.75, 3.05) is 6.54 Å². The maximum atomic E-state index is 7.33. The highest BCUT2D eigenvalue weighted by atomic mass is 79.9. The maximum absolute atomic E-state index is 7.33. The average molecular weight is 256 g/mol. The van der Waals surface area contributed by atoms with Gasteiger partial charge in [-0.3, -0.25) is 5.41 Å². The van der Waals surface area contributed by atoms with Gasteiger partial charge in [0.25, 0.3) is 0 Å². The largest absolute Gasteiger partial charge is 0.370 e. The van der Waals surface area contributed by atoms with Crippen LogP contribution in [0, 0.1) is 5.41 Å². The van der Waals surface area contributed by atoms with Crippen molar-refractivity contribution in [2.45, 2.75) is 13.0 Å². The summed E-state index contributed by atoms with van der Waals surface area (Å²) >= 11 is 0. The molecule has 1 heterocycles. The first kappa shape index (κ1) is 11.0. The summed E-state index contributed by atoms with van der Waals surface area (Å²) in [6.07, 6.45) is 0.996. The summed E-state index contributed by atoms with van der Waals surface area (Å²) in [5.74, 6) is 0.175. The van der Waals surface area contributed by atoms with Crippen molar-refractivity contribution < 1.29 is 0 Å². The molecule has 0 spiro atoms. The van der Waals surface area contributed by atoms with Crippen LogP contribution in [0.1, 0.15) is 11.1 Å². The number of nitrogens with two attached hydrogens (primary N) is 1. The second-order valence-corrected chi connectivity index (χ2v) is 3.33. The summed E-state index contributed by atoms with van der Waals surface area (Å²) in [5, 5.41) is 7.33. The van der Waals surface area contributed by atoms with Crippen LogP contribution in [-0.4, -0.2) is 17.4 Å². The second-order valence-electron chi connectivity index (χ2n) is 3.33. The molecular weight excluding hydrogens is 242 g/mol. The van der Waals surface area contributed by atoms with Gasteiger partial charge in [-0.25, -0.2) is 0 Å². The summed E-state index contributed by atoms with van der Waals surface area (Å²) in [7, 11) is 0. The van der Waals surface area contributed by atoms with Crippen molar-refractivity contribution in [1.82, 2.24) is 4.90 Å². The van der Waals surface area contributed by atoms with Crippen molar-refractivity contribution in [3.05, 3.63) is 35.4 Å². The summed E-state index contributed by atoms with van der Waals surface area (Å²) in [4.78, 5) is 1.89. The molecule has 2 rings (SSSR count). The molecule has 1 aliphatic heterocycles. The van der Waals surface area contributed by atoms with Crippen LogP contribution in [0.25, 0.3) is 0 Å². The number of rotatable bonds is 0. The molecule has 0 aliphatic carbocycles. The predicted molar refractivity (Wildman–Crippen MR) is 62.8 cm³/mol. The van der Waals surface area contributed by atoms with E-state index in [-0.39, 0.29) is 22.9 Å². The summed E-state index contributed by atoms with van der Waals surface area (Å²) in [5.41, 5.74) is 8.12. The first-order valence-electron chi connectivity index (χ1n) is 4.43. The highest BCUT2D eigenvalue weighted by Crippen LogP contribution is 2.17. The van der Waals surface area contributed by atoms with Gasteiger partial charge >= 0.3 is 0 Å². The maximum Gasteiger partial charge on any atom is 0.188 e. The molecule has 1 aliphatic rings.